The van der Waals surface area contributed by atoms with E-state index < -0.39 is 68.8 Å². The Morgan fingerprint density at radius 2 is 1.43 bits per heavy atom. The quantitative estimate of drug-likeness (QED) is 0.0524. The molecule has 3 aliphatic carbocycles. The highest BCUT2D eigenvalue weighted by Crippen LogP contribution is 2.59. The molecule has 3 aromatic rings. The van der Waals surface area contributed by atoms with Crippen LogP contribution in [0.5, 0.6) is 0 Å². The summed E-state index contributed by atoms with van der Waals surface area (Å²) in [6, 6.07) is 30.5. The normalized spacial score (nSPS) is 27.5. The van der Waals surface area contributed by atoms with Crippen molar-refractivity contribution in [3.05, 3.63) is 104 Å². The molecular weight excluding hydrogens is 801 g/mol. The Labute approximate surface area is 363 Å². The van der Waals surface area contributed by atoms with Crippen LogP contribution < -0.4 is 15.6 Å². The van der Waals surface area contributed by atoms with Crippen LogP contribution in [0.2, 0.25) is 23.7 Å². The Morgan fingerprint density at radius 1 is 0.869 bits per heavy atom. The lowest BCUT2D eigenvalue weighted by atomic mass is 9.49. The number of carbonyl (C=O) groups excluding carboxylic acids is 6. The number of aldehydes is 1. The summed E-state index contributed by atoms with van der Waals surface area (Å²) >= 11 is 0. The maximum absolute atomic E-state index is 15.1. The molecule has 3 fully saturated rings. The highest BCUT2D eigenvalue weighted by molar-refractivity contribution is 6.99. The molecule has 0 aliphatic heterocycles. The van der Waals surface area contributed by atoms with Gasteiger partial charge >= 0.3 is 11.9 Å². The minimum Gasteiger partial charge on any atom is -0.462 e. The molecule has 0 saturated heterocycles. The predicted molar refractivity (Wildman–Crippen MR) is 241 cm³/mol. The molecule has 0 heterocycles. The highest BCUT2D eigenvalue weighted by Gasteiger charge is 2.67. The molecule has 0 bridgehead atoms. The number of ketones is 3. The summed E-state index contributed by atoms with van der Waals surface area (Å²) in [5.41, 5.74) is -3.15. The second-order valence-electron chi connectivity index (χ2n) is 19.4. The summed E-state index contributed by atoms with van der Waals surface area (Å²) in [5, 5.41) is 3.01. The zero-order chi connectivity index (χ0) is 44.4. The molecule has 324 valence electrons. The molecule has 6 rings (SSSR count). The zero-order valence-corrected chi connectivity index (χ0v) is 38.8. The lowest BCUT2D eigenvalue weighted by molar-refractivity contribution is -0.181. The van der Waals surface area contributed by atoms with Crippen molar-refractivity contribution in [2.75, 3.05) is 13.2 Å². The van der Waals surface area contributed by atoms with Crippen molar-refractivity contribution in [1.82, 2.24) is 0 Å². The first-order chi connectivity index (χ1) is 28.9. The molecule has 61 heavy (non-hydrogen) atoms. The minimum absolute atomic E-state index is 0.0208. The second-order valence-corrected chi connectivity index (χ2v) is 28.5. The van der Waals surface area contributed by atoms with Gasteiger partial charge in [-0.25, -0.2) is 0 Å². The van der Waals surface area contributed by atoms with Gasteiger partial charge in [0.05, 0.1) is 13.5 Å². The van der Waals surface area contributed by atoms with Crippen LogP contribution in [-0.2, 0) is 42.7 Å². The van der Waals surface area contributed by atoms with E-state index >= 15 is 4.79 Å². The van der Waals surface area contributed by atoms with Gasteiger partial charge < -0.3 is 18.7 Å². The molecule has 3 aliphatic rings. The molecule has 9 nitrogen and oxygen atoms in total. The molecule has 3 saturated carbocycles. The molecular formula is C50H62O9Si2. The fourth-order valence-corrected chi connectivity index (χ4v) is 18.9. The predicted octanol–water partition coefficient (Wildman–Crippen LogP) is 6.95. The van der Waals surface area contributed by atoms with Crippen molar-refractivity contribution in [2.45, 2.75) is 103 Å². The average molecular weight is 863 g/mol. The molecule has 0 aromatic heterocycles. The first-order valence-corrected chi connectivity index (χ1v) is 26.7. The third-order valence-corrected chi connectivity index (χ3v) is 24.1. The monoisotopic (exact) mass is 862 g/mol. The molecule has 3 aromatic carbocycles. The standard InChI is InChI=1S/C50H62O9Si2/c1-9-27-57-47(56)46-41-28-39(60(7,8)36-19-13-10-14-20-36)29-45(55)50(41,33-51)40(30-42(46)53)43(59-34(2)52)31-49(6)35(25-26-44(49)54)32-58-61(48(3,4)5,37-21-15-11-16-22-37)38-23-17-12-18-24-38/h9-24,33,35,39-41,43,46H,1,25-32H2,2-8H3/t35-,39-,40-,41+,43-,46?,49-,50-/m1/s1. The molecule has 1 unspecified atom stereocenters. The van der Waals surface area contributed by atoms with Crippen molar-refractivity contribution in [3.8, 4) is 0 Å². The summed E-state index contributed by atoms with van der Waals surface area (Å²) < 4.78 is 19.0. The molecule has 0 spiro atoms. The van der Waals surface area contributed by atoms with Crippen LogP contribution >= 0.6 is 0 Å². The SMILES string of the molecule is C=CCOC(=O)C1C(=O)C[C@H]([C@@H](C[C@@]2(C)C(=O)CC[C@@H]2CO[Si](c2ccccc2)(c2ccccc2)C(C)(C)C)OC(C)=O)[C@@]2(C=O)C(=O)C[C@H]([Si](C)(C)c3ccccc3)C[C@@H]12. The smallest absolute Gasteiger partial charge is 0.317 e. The maximum atomic E-state index is 15.1. The van der Waals surface area contributed by atoms with E-state index in [-0.39, 0.29) is 73.4 Å². The van der Waals surface area contributed by atoms with Gasteiger partial charge in [0.2, 0.25) is 0 Å². The molecule has 11 heteroatoms. The fraction of sp³-hybridized carbons (Fsp3) is 0.480. The summed E-state index contributed by atoms with van der Waals surface area (Å²) in [4.78, 5) is 84.8. The van der Waals surface area contributed by atoms with Gasteiger partial charge in [-0.05, 0) is 52.1 Å². The van der Waals surface area contributed by atoms with Crippen molar-refractivity contribution in [2.24, 2.45) is 34.5 Å². The van der Waals surface area contributed by atoms with E-state index in [0.717, 1.165) is 15.6 Å². The summed E-state index contributed by atoms with van der Waals surface area (Å²) in [6.45, 7) is 17.8. The van der Waals surface area contributed by atoms with Crippen molar-refractivity contribution >= 4 is 67.5 Å². The van der Waals surface area contributed by atoms with Gasteiger partial charge in [-0.15, -0.1) is 0 Å². The van der Waals surface area contributed by atoms with E-state index in [0.29, 0.717) is 12.7 Å². The molecule has 0 N–H and O–H groups in total. The number of ether oxygens (including phenoxy) is 2. The third kappa shape index (κ3) is 8.37. The molecule has 0 radical (unpaired) electrons. The first-order valence-electron chi connectivity index (χ1n) is 21.7. The largest absolute Gasteiger partial charge is 0.462 e. The summed E-state index contributed by atoms with van der Waals surface area (Å²) in [6.07, 6.45) is 1.61. The Morgan fingerprint density at radius 3 is 1.93 bits per heavy atom. The number of hydrogen-bond acceptors (Lipinski definition) is 9. The number of benzene rings is 3. The van der Waals surface area contributed by atoms with Gasteiger partial charge in [0, 0.05) is 44.1 Å². The van der Waals surface area contributed by atoms with Gasteiger partial charge in [-0.2, -0.15) is 0 Å². The second kappa shape index (κ2) is 18.0. The topological polar surface area (TPSA) is 130 Å². The zero-order valence-electron chi connectivity index (χ0n) is 36.8. The lowest BCUT2D eigenvalue weighted by Gasteiger charge is -2.55. The minimum atomic E-state index is -3.01. The van der Waals surface area contributed by atoms with E-state index in [1.165, 1.54) is 13.0 Å². The third-order valence-electron chi connectivity index (χ3n) is 14.7. The maximum Gasteiger partial charge on any atom is 0.317 e. The van der Waals surface area contributed by atoms with Gasteiger partial charge in [-0.3, -0.25) is 24.0 Å². The Balaban J connectivity index is 1.40. The Hall–Kier alpha value is -4.59. The van der Waals surface area contributed by atoms with Crippen LogP contribution in [-0.4, -0.2) is 71.3 Å². The summed E-state index contributed by atoms with van der Waals surface area (Å²) in [7, 11) is -5.45. The van der Waals surface area contributed by atoms with E-state index in [4.69, 9.17) is 13.9 Å². The number of esters is 2. The lowest BCUT2D eigenvalue weighted by Crippen LogP contribution is -2.67. The van der Waals surface area contributed by atoms with Crippen LogP contribution in [0.3, 0.4) is 0 Å². The summed E-state index contributed by atoms with van der Waals surface area (Å²) in [5.74, 6) is -6.15. The van der Waals surface area contributed by atoms with Crippen LogP contribution in [0, 0.1) is 34.5 Å². The van der Waals surface area contributed by atoms with Gasteiger partial charge in [0.25, 0.3) is 8.32 Å². The van der Waals surface area contributed by atoms with Gasteiger partial charge in [0.1, 0.15) is 42.3 Å². The van der Waals surface area contributed by atoms with Crippen molar-refractivity contribution < 1.29 is 42.7 Å². The van der Waals surface area contributed by atoms with E-state index in [9.17, 15) is 24.0 Å². The first kappa shape index (κ1) is 45.9. The van der Waals surface area contributed by atoms with Crippen LogP contribution in [0.15, 0.2) is 104 Å². The van der Waals surface area contributed by atoms with Crippen LogP contribution in [0.25, 0.3) is 0 Å². The Bertz CT molecular complexity index is 2070. The van der Waals surface area contributed by atoms with Crippen LogP contribution in [0.1, 0.15) is 73.1 Å². The fourth-order valence-electron chi connectivity index (χ4n) is 11.3. The number of carbonyl (C=O) groups is 6. The highest BCUT2D eigenvalue weighted by atomic mass is 28.4. The van der Waals surface area contributed by atoms with E-state index in [1.807, 2.05) is 73.7 Å². The Kier molecular flexibility index (Phi) is 13.6. The van der Waals surface area contributed by atoms with E-state index in [2.05, 4.69) is 64.7 Å². The number of hydrogen-bond donors (Lipinski definition) is 0. The van der Waals surface area contributed by atoms with Crippen molar-refractivity contribution in [3.63, 3.8) is 0 Å². The average Bonchev–Trinajstić information content (AvgIpc) is 3.51. The molecule has 0 amide bonds. The van der Waals surface area contributed by atoms with Gasteiger partial charge in [-0.1, -0.05) is 150 Å². The molecule has 8 atom stereocenters. The van der Waals surface area contributed by atoms with Gasteiger partial charge in [0.15, 0.2) is 0 Å². The number of Topliss-reactive ketones (excluding diaryl/α,β-unsaturated/α-hetero) is 3. The number of rotatable bonds is 15. The number of fused-ring (bicyclic) bond motifs is 1. The van der Waals surface area contributed by atoms with Crippen molar-refractivity contribution in [1.29, 1.82) is 0 Å². The van der Waals surface area contributed by atoms with Crippen LogP contribution in [0.4, 0.5) is 0 Å². The van der Waals surface area contributed by atoms with E-state index in [1.54, 1.807) is 0 Å².